The van der Waals surface area contributed by atoms with E-state index in [4.69, 9.17) is 9.47 Å². The molecule has 0 radical (unpaired) electrons. The van der Waals surface area contributed by atoms with Crippen molar-refractivity contribution in [1.29, 1.82) is 0 Å². The average molecular weight is 171 g/mol. The Kier molecular flexibility index (Phi) is 4.11. The van der Waals surface area contributed by atoms with Gasteiger partial charge in [-0.25, -0.2) is 0 Å². The third kappa shape index (κ3) is 2.50. The molecule has 0 amide bonds. The minimum atomic E-state index is 0.315. The maximum absolute atomic E-state index is 5.25. The Balaban J connectivity index is 2.45. The quantitative estimate of drug-likeness (QED) is 0.682. The topological polar surface area (TPSA) is 30.5 Å². The summed E-state index contributed by atoms with van der Waals surface area (Å²) >= 11 is 0. The molecule has 0 saturated heterocycles. The highest BCUT2D eigenvalue weighted by Crippen LogP contribution is 2.15. The van der Waals surface area contributed by atoms with E-state index >= 15 is 0 Å². The molecule has 1 aliphatic rings. The first kappa shape index (κ1) is 9.55. The van der Waals surface area contributed by atoms with Gasteiger partial charge in [-0.2, -0.15) is 0 Å². The first-order valence-electron chi connectivity index (χ1n) is 4.35. The monoisotopic (exact) mass is 171 g/mol. The van der Waals surface area contributed by atoms with Crippen LogP contribution in [-0.4, -0.2) is 33.4 Å². The number of likely N-dealkylation sites (N-methyl/N-ethyl adjacent to an activating group) is 1. The summed E-state index contributed by atoms with van der Waals surface area (Å²) in [6.45, 7) is 1.57. The lowest BCUT2D eigenvalue weighted by atomic mass is 10.0. The lowest BCUT2D eigenvalue weighted by Crippen LogP contribution is -2.33. The van der Waals surface area contributed by atoms with Gasteiger partial charge in [0.05, 0.1) is 25.5 Å². The van der Waals surface area contributed by atoms with Gasteiger partial charge in [0.25, 0.3) is 0 Å². The number of ether oxygens (including phenoxy) is 2. The Labute approximate surface area is 73.7 Å². The highest BCUT2D eigenvalue weighted by molar-refractivity contribution is 5.09. The standard InChI is InChI=1S/C9H17NO2/c1-10-9(7-11-2)8-4-3-5-12-6-8/h6,9-10H,3-5,7H2,1-2H3. The molecular formula is C9H17NO2. The van der Waals surface area contributed by atoms with Crippen LogP contribution in [0.4, 0.5) is 0 Å². The van der Waals surface area contributed by atoms with Crippen molar-refractivity contribution in [3.05, 3.63) is 11.8 Å². The summed E-state index contributed by atoms with van der Waals surface area (Å²) in [7, 11) is 3.66. The van der Waals surface area contributed by atoms with Crippen molar-refractivity contribution in [3.63, 3.8) is 0 Å². The van der Waals surface area contributed by atoms with Crippen LogP contribution >= 0.6 is 0 Å². The summed E-state index contributed by atoms with van der Waals surface area (Å²) in [6, 6.07) is 0.315. The fourth-order valence-corrected chi connectivity index (χ4v) is 1.38. The Bertz CT molecular complexity index is 157. The average Bonchev–Trinajstić information content (AvgIpc) is 2.15. The molecule has 0 bridgehead atoms. The molecular weight excluding hydrogens is 154 g/mol. The first-order valence-corrected chi connectivity index (χ1v) is 4.35. The van der Waals surface area contributed by atoms with Gasteiger partial charge >= 0.3 is 0 Å². The zero-order chi connectivity index (χ0) is 8.81. The molecule has 1 unspecified atom stereocenters. The van der Waals surface area contributed by atoms with Crippen LogP contribution in [0.5, 0.6) is 0 Å². The summed E-state index contributed by atoms with van der Waals surface area (Å²) in [6.07, 6.45) is 4.10. The Morgan fingerprint density at radius 3 is 3.08 bits per heavy atom. The Morgan fingerprint density at radius 2 is 2.58 bits per heavy atom. The van der Waals surface area contributed by atoms with Crippen molar-refractivity contribution in [2.45, 2.75) is 18.9 Å². The maximum atomic E-state index is 5.25. The van der Waals surface area contributed by atoms with Crippen molar-refractivity contribution < 1.29 is 9.47 Å². The summed E-state index contributed by atoms with van der Waals surface area (Å²) in [5, 5.41) is 3.20. The molecule has 0 aromatic carbocycles. The minimum Gasteiger partial charge on any atom is -0.501 e. The van der Waals surface area contributed by atoms with Crippen LogP contribution in [0.3, 0.4) is 0 Å². The summed E-state index contributed by atoms with van der Waals surface area (Å²) in [5.74, 6) is 0. The van der Waals surface area contributed by atoms with Crippen LogP contribution in [0.15, 0.2) is 11.8 Å². The minimum absolute atomic E-state index is 0.315. The van der Waals surface area contributed by atoms with E-state index in [2.05, 4.69) is 5.32 Å². The number of hydrogen-bond acceptors (Lipinski definition) is 3. The molecule has 1 rings (SSSR count). The van der Waals surface area contributed by atoms with Gasteiger partial charge in [0.2, 0.25) is 0 Å². The van der Waals surface area contributed by atoms with Gasteiger partial charge in [-0.15, -0.1) is 0 Å². The molecule has 1 N–H and O–H groups in total. The normalized spacial score (nSPS) is 19.7. The molecule has 12 heavy (non-hydrogen) atoms. The summed E-state index contributed by atoms with van der Waals surface area (Å²) in [4.78, 5) is 0. The molecule has 0 saturated carbocycles. The smallest absolute Gasteiger partial charge is 0.0876 e. The van der Waals surface area contributed by atoms with Crippen molar-refractivity contribution in [1.82, 2.24) is 5.32 Å². The molecule has 3 heteroatoms. The van der Waals surface area contributed by atoms with E-state index < -0.39 is 0 Å². The van der Waals surface area contributed by atoms with E-state index in [1.807, 2.05) is 13.3 Å². The van der Waals surface area contributed by atoms with E-state index in [0.717, 1.165) is 19.4 Å². The molecule has 1 heterocycles. The van der Waals surface area contributed by atoms with Crippen LogP contribution in [0.2, 0.25) is 0 Å². The van der Waals surface area contributed by atoms with E-state index in [1.165, 1.54) is 5.57 Å². The Morgan fingerprint density at radius 1 is 1.75 bits per heavy atom. The van der Waals surface area contributed by atoms with Crippen LogP contribution in [0.1, 0.15) is 12.8 Å². The molecule has 0 aromatic rings. The second kappa shape index (κ2) is 5.17. The molecule has 0 spiro atoms. The van der Waals surface area contributed by atoms with Gasteiger partial charge in [0.1, 0.15) is 0 Å². The van der Waals surface area contributed by atoms with Gasteiger partial charge in [-0.05, 0) is 25.5 Å². The van der Waals surface area contributed by atoms with E-state index in [-0.39, 0.29) is 0 Å². The molecule has 0 fully saturated rings. The van der Waals surface area contributed by atoms with E-state index in [9.17, 15) is 0 Å². The predicted molar refractivity (Wildman–Crippen MR) is 48.0 cm³/mol. The van der Waals surface area contributed by atoms with Crippen molar-refractivity contribution >= 4 is 0 Å². The number of methoxy groups -OCH3 is 1. The Hall–Kier alpha value is -0.540. The zero-order valence-electron chi connectivity index (χ0n) is 7.80. The second-order valence-corrected chi connectivity index (χ2v) is 2.96. The second-order valence-electron chi connectivity index (χ2n) is 2.96. The largest absolute Gasteiger partial charge is 0.501 e. The van der Waals surface area contributed by atoms with E-state index in [1.54, 1.807) is 7.11 Å². The third-order valence-electron chi connectivity index (χ3n) is 2.09. The van der Waals surface area contributed by atoms with E-state index in [0.29, 0.717) is 12.6 Å². The van der Waals surface area contributed by atoms with Crippen LogP contribution in [-0.2, 0) is 9.47 Å². The van der Waals surface area contributed by atoms with Gasteiger partial charge in [0, 0.05) is 7.11 Å². The lowest BCUT2D eigenvalue weighted by molar-refractivity contribution is 0.167. The van der Waals surface area contributed by atoms with Crippen LogP contribution < -0.4 is 5.32 Å². The van der Waals surface area contributed by atoms with Gasteiger partial charge in [-0.1, -0.05) is 0 Å². The SMILES string of the molecule is CNC(COC)C1=COCCC1. The number of nitrogens with one attached hydrogen (secondary N) is 1. The van der Waals surface area contributed by atoms with Crippen molar-refractivity contribution in [3.8, 4) is 0 Å². The molecule has 1 aliphatic heterocycles. The molecule has 0 aromatic heterocycles. The summed E-state index contributed by atoms with van der Waals surface area (Å²) < 4.78 is 10.3. The highest BCUT2D eigenvalue weighted by atomic mass is 16.5. The molecule has 0 aliphatic carbocycles. The van der Waals surface area contributed by atoms with Crippen LogP contribution in [0, 0.1) is 0 Å². The zero-order valence-corrected chi connectivity index (χ0v) is 7.80. The van der Waals surface area contributed by atoms with Crippen molar-refractivity contribution in [2.24, 2.45) is 0 Å². The molecule has 3 nitrogen and oxygen atoms in total. The van der Waals surface area contributed by atoms with Gasteiger partial charge < -0.3 is 14.8 Å². The number of hydrogen-bond donors (Lipinski definition) is 1. The highest BCUT2D eigenvalue weighted by Gasteiger charge is 2.14. The number of rotatable bonds is 4. The van der Waals surface area contributed by atoms with Crippen LogP contribution in [0.25, 0.3) is 0 Å². The molecule has 1 atom stereocenters. The fourth-order valence-electron chi connectivity index (χ4n) is 1.38. The predicted octanol–water partition coefficient (Wildman–Crippen LogP) is 0.915. The van der Waals surface area contributed by atoms with Gasteiger partial charge in [-0.3, -0.25) is 0 Å². The molecule has 70 valence electrons. The third-order valence-corrected chi connectivity index (χ3v) is 2.09. The summed E-state index contributed by atoms with van der Waals surface area (Å²) in [5.41, 5.74) is 1.31. The maximum Gasteiger partial charge on any atom is 0.0876 e. The first-order chi connectivity index (χ1) is 5.88. The van der Waals surface area contributed by atoms with Crippen molar-refractivity contribution in [2.75, 3.05) is 27.4 Å². The lowest BCUT2D eigenvalue weighted by Gasteiger charge is -2.21. The van der Waals surface area contributed by atoms with Gasteiger partial charge in [0.15, 0.2) is 0 Å². The fraction of sp³-hybridized carbons (Fsp3) is 0.778.